The number of aliphatic imine (C=N–C) groups is 1. The molecular weight excluding hydrogens is 434 g/mol. The molecule has 0 unspecified atom stereocenters. The fourth-order valence-electron chi connectivity index (χ4n) is 3.60. The molecule has 0 radical (unpaired) electrons. The molecule has 1 saturated heterocycles. The standard InChI is InChI=1S/C25H25N5O2S/c1-2-32-25(31)30-15-13-29(14-16-30)23-21(17-26)24(27-20-11-7-4-8-12-20)33-18-22(28-23)19-9-5-3-6-10-19/h3-12,18,27H,2,13-16H2,1H3. The van der Waals surface area contributed by atoms with Gasteiger partial charge in [-0.05, 0) is 19.1 Å². The first-order valence-electron chi connectivity index (χ1n) is 10.8. The van der Waals surface area contributed by atoms with Gasteiger partial charge in [0.05, 0.1) is 17.3 Å². The Morgan fingerprint density at radius 1 is 1.09 bits per heavy atom. The normalized spacial score (nSPS) is 16.4. The van der Waals surface area contributed by atoms with Gasteiger partial charge in [-0.25, -0.2) is 9.79 Å². The first-order valence-corrected chi connectivity index (χ1v) is 11.7. The lowest BCUT2D eigenvalue weighted by molar-refractivity contribution is 0.0921. The van der Waals surface area contributed by atoms with Crippen molar-refractivity contribution in [3.63, 3.8) is 0 Å². The Balaban J connectivity index is 1.67. The molecule has 2 heterocycles. The minimum absolute atomic E-state index is 0.303. The molecule has 8 heteroatoms. The number of nitrogens with zero attached hydrogens (tertiary/aromatic N) is 4. The van der Waals surface area contributed by atoms with Crippen LogP contribution in [0.3, 0.4) is 0 Å². The van der Waals surface area contributed by atoms with Crippen LogP contribution in [0.2, 0.25) is 0 Å². The van der Waals surface area contributed by atoms with E-state index in [1.807, 2.05) is 66.1 Å². The topological polar surface area (TPSA) is 81.0 Å². The lowest BCUT2D eigenvalue weighted by Crippen LogP contribution is -2.51. The van der Waals surface area contributed by atoms with Crippen LogP contribution in [0.5, 0.6) is 0 Å². The number of rotatable bonds is 4. The fraction of sp³-hybridized carbons (Fsp3) is 0.240. The third-order valence-corrected chi connectivity index (χ3v) is 6.17. The van der Waals surface area contributed by atoms with Crippen LogP contribution in [0.1, 0.15) is 12.5 Å². The van der Waals surface area contributed by atoms with E-state index in [1.165, 1.54) is 11.8 Å². The van der Waals surface area contributed by atoms with Crippen LogP contribution in [0.4, 0.5) is 10.5 Å². The molecule has 1 N–H and O–H groups in total. The summed E-state index contributed by atoms with van der Waals surface area (Å²) in [5, 5.41) is 16.2. The van der Waals surface area contributed by atoms with Crippen molar-refractivity contribution < 1.29 is 9.53 Å². The van der Waals surface area contributed by atoms with Crippen molar-refractivity contribution >= 4 is 35.1 Å². The number of amides is 1. The molecular formula is C25H25N5O2S. The maximum absolute atomic E-state index is 12.1. The van der Waals surface area contributed by atoms with Gasteiger partial charge in [-0.15, -0.1) is 0 Å². The summed E-state index contributed by atoms with van der Waals surface area (Å²) in [6, 6.07) is 22.1. The zero-order chi connectivity index (χ0) is 23.0. The fourth-order valence-corrected chi connectivity index (χ4v) is 4.45. The highest BCUT2D eigenvalue weighted by Crippen LogP contribution is 2.33. The maximum Gasteiger partial charge on any atom is 0.409 e. The molecule has 168 valence electrons. The van der Waals surface area contributed by atoms with Gasteiger partial charge in [-0.1, -0.05) is 60.3 Å². The number of hydrogen-bond donors (Lipinski definition) is 1. The van der Waals surface area contributed by atoms with E-state index in [0.29, 0.717) is 44.2 Å². The van der Waals surface area contributed by atoms with Crippen molar-refractivity contribution in [3.8, 4) is 6.07 Å². The van der Waals surface area contributed by atoms with Crippen molar-refractivity contribution in [2.24, 2.45) is 4.99 Å². The van der Waals surface area contributed by atoms with Gasteiger partial charge in [-0.3, -0.25) is 0 Å². The zero-order valence-electron chi connectivity index (χ0n) is 18.4. The molecule has 4 rings (SSSR count). The molecule has 2 aliphatic rings. The summed E-state index contributed by atoms with van der Waals surface area (Å²) in [5.74, 6) is 0.611. The van der Waals surface area contributed by atoms with Gasteiger partial charge in [0.2, 0.25) is 0 Å². The summed E-state index contributed by atoms with van der Waals surface area (Å²) in [7, 11) is 0. The highest BCUT2D eigenvalue weighted by atomic mass is 32.2. The molecule has 33 heavy (non-hydrogen) atoms. The minimum atomic E-state index is -0.303. The van der Waals surface area contributed by atoms with Gasteiger partial charge in [0.15, 0.2) is 0 Å². The number of carbonyl (C=O) groups excluding carboxylic acids is 1. The van der Waals surface area contributed by atoms with E-state index >= 15 is 0 Å². The van der Waals surface area contributed by atoms with Gasteiger partial charge in [0.1, 0.15) is 17.5 Å². The van der Waals surface area contributed by atoms with E-state index in [4.69, 9.17) is 9.73 Å². The van der Waals surface area contributed by atoms with Crippen molar-refractivity contribution in [1.82, 2.24) is 9.80 Å². The summed E-state index contributed by atoms with van der Waals surface area (Å²) in [6.07, 6.45) is -0.303. The molecule has 2 aromatic rings. The first-order chi connectivity index (χ1) is 16.2. The molecule has 0 saturated carbocycles. The number of anilines is 1. The number of benzene rings is 2. The van der Waals surface area contributed by atoms with Crippen molar-refractivity contribution in [1.29, 1.82) is 5.26 Å². The molecule has 0 atom stereocenters. The number of carbonyl (C=O) groups is 1. The van der Waals surface area contributed by atoms with Gasteiger partial charge in [0.25, 0.3) is 0 Å². The lowest BCUT2D eigenvalue weighted by atomic mass is 10.1. The number of amidine groups is 1. The van der Waals surface area contributed by atoms with Gasteiger partial charge in [0, 0.05) is 42.8 Å². The van der Waals surface area contributed by atoms with Crippen molar-refractivity contribution in [2.45, 2.75) is 6.92 Å². The van der Waals surface area contributed by atoms with E-state index in [-0.39, 0.29) is 6.09 Å². The predicted molar refractivity (Wildman–Crippen MR) is 132 cm³/mol. The molecule has 1 amide bonds. The second kappa shape index (κ2) is 10.7. The number of ether oxygens (including phenoxy) is 1. The number of nitriles is 1. The van der Waals surface area contributed by atoms with Crippen molar-refractivity contribution in [2.75, 3.05) is 38.1 Å². The van der Waals surface area contributed by atoms with Crippen molar-refractivity contribution in [3.05, 3.63) is 82.2 Å². The molecule has 7 nitrogen and oxygen atoms in total. The molecule has 2 aliphatic heterocycles. The SMILES string of the molecule is CCOC(=O)N1CCN(C2=NC(c3ccccc3)=CSC(Nc3ccccc3)=C2C#N)CC1. The third-order valence-electron chi connectivity index (χ3n) is 5.28. The highest BCUT2D eigenvalue weighted by molar-refractivity contribution is 8.06. The third kappa shape index (κ3) is 5.38. The van der Waals surface area contributed by atoms with Gasteiger partial charge in [-0.2, -0.15) is 5.26 Å². The maximum atomic E-state index is 12.1. The van der Waals surface area contributed by atoms with Crippen LogP contribution in [0, 0.1) is 11.3 Å². The Bertz CT molecular complexity index is 1110. The average molecular weight is 460 g/mol. The van der Waals surface area contributed by atoms with E-state index < -0.39 is 0 Å². The van der Waals surface area contributed by atoms with E-state index in [0.717, 1.165) is 22.0 Å². The van der Waals surface area contributed by atoms with Crippen LogP contribution < -0.4 is 5.32 Å². The number of thioether (sulfide) groups is 1. The Labute approximate surface area is 198 Å². The highest BCUT2D eigenvalue weighted by Gasteiger charge is 2.28. The summed E-state index contributed by atoms with van der Waals surface area (Å²) < 4.78 is 5.14. The van der Waals surface area contributed by atoms with Gasteiger partial charge >= 0.3 is 6.09 Å². The minimum Gasteiger partial charge on any atom is -0.450 e. The molecule has 0 bridgehead atoms. The Kier molecular flexibility index (Phi) is 7.33. The second-order valence-electron chi connectivity index (χ2n) is 7.40. The predicted octanol–water partition coefficient (Wildman–Crippen LogP) is 4.75. The summed E-state index contributed by atoms with van der Waals surface area (Å²) in [6.45, 7) is 4.30. The van der Waals surface area contributed by atoms with E-state index in [9.17, 15) is 10.1 Å². The quantitative estimate of drug-likeness (QED) is 0.711. The van der Waals surface area contributed by atoms with Crippen LogP contribution in [0.15, 0.2) is 81.7 Å². The smallest absolute Gasteiger partial charge is 0.409 e. The molecule has 1 fully saturated rings. The Morgan fingerprint density at radius 3 is 2.39 bits per heavy atom. The summed E-state index contributed by atoms with van der Waals surface area (Å²) in [4.78, 5) is 20.8. The zero-order valence-corrected chi connectivity index (χ0v) is 19.2. The van der Waals surface area contributed by atoms with Crippen LogP contribution >= 0.6 is 11.8 Å². The molecule has 0 aromatic heterocycles. The van der Waals surface area contributed by atoms with Crippen LogP contribution in [0.25, 0.3) is 5.70 Å². The number of hydrogen-bond acceptors (Lipinski definition) is 7. The monoisotopic (exact) mass is 459 g/mol. The largest absolute Gasteiger partial charge is 0.450 e. The molecule has 0 spiro atoms. The first kappa shape index (κ1) is 22.5. The Morgan fingerprint density at radius 2 is 1.76 bits per heavy atom. The number of para-hydroxylation sites is 1. The lowest BCUT2D eigenvalue weighted by Gasteiger charge is -2.35. The van der Waals surface area contributed by atoms with Crippen LogP contribution in [-0.2, 0) is 4.74 Å². The van der Waals surface area contributed by atoms with Crippen LogP contribution in [-0.4, -0.2) is 54.5 Å². The molecule has 2 aromatic carbocycles. The van der Waals surface area contributed by atoms with Gasteiger partial charge < -0.3 is 19.9 Å². The van der Waals surface area contributed by atoms with E-state index in [2.05, 4.69) is 16.3 Å². The summed E-state index contributed by atoms with van der Waals surface area (Å²) >= 11 is 1.45. The number of piperazine rings is 1. The summed E-state index contributed by atoms with van der Waals surface area (Å²) in [5.41, 5.74) is 3.15. The Hall–Kier alpha value is -3.70. The van der Waals surface area contributed by atoms with E-state index in [1.54, 1.807) is 11.8 Å². The average Bonchev–Trinajstić information content (AvgIpc) is 3.05. The molecule has 0 aliphatic carbocycles. The number of nitrogens with one attached hydrogen (secondary N) is 1. The second-order valence-corrected chi connectivity index (χ2v) is 8.28.